The molecule has 11 nitrogen and oxygen atoms in total. The van der Waals surface area contributed by atoms with E-state index in [1.807, 2.05) is 0 Å². The van der Waals surface area contributed by atoms with Crippen molar-refractivity contribution in [3.05, 3.63) is 12.7 Å². The molecule has 0 radical (unpaired) electrons. The van der Waals surface area contributed by atoms with E-state index in [9.17, 15) is 19.8 Å². The van der Waals surface area contributed by atoms with Gasteiger partial charge >= 0.3 is 5.97 Å². The maximum absolute atomic E-state index is 12.7. The second-order valence-electron chi connectivity index (χ2n) is 9.27. The Morgan fingerprint density at radius 1 is 1.32 bits per heavy atom. The Morgan fingerprint density at radius 3 is 2.68 bits per heavy atom. The summed E-state index contributed by atoms with van der Waals surface area (Å²) in [4.78, 5) is 37.5. The van der Waals surface area contributed by atoms with Crippen LogP contribution in [-0.4, -0.2) is 76.4 Å². The van der Waals surface area contributed by atoms with Crippen molar-refractivity contribution < 1.29 is 24.9 Å². The zero-order chi connectivity index (χ0) is 23.0. The first kappa shape index (κ1) is 22.9. The van der Waals surface area contributed by atoms with E-state index in [0.717, 1.165) is 0 Å². The van der Waals surface area contributed by atoms with Crippen LogP contribution < -0.4 is 5.73 Å². The molecule has 2 aromatic heterocycles. The third-order valence-corrected chi connectivity index (χ3v) is 6.10. The summed E-state index contributed by atoms with van der Waals surface area (Å²) in [5.74, 6) is -0.884. The van der Waals surface area contributed by atoms with E-state index >= 15 is 0 Å². The monoisotopic (exact) mass is 434 g/mol. The number of aromatic nitrogens is 4. The number of aliphatic carboxylic acids is 1. The van der Waals surface area contributed by atoms with Crippen LogP contribution in [0.5, 0.6) is 0 Å². The average Bonchev–Trinajstić information content (AvgIpc) is 3.06. The minimum Gasteiger partial charge on any atom is -0.481 e. The number of nitrogen functional groups attached to an aromatic ring is 1. The van der Waals surface area contributed by atoms with Crippen LogP contribution in [-0.2, 0) is 16.1 Å². The number of nitrogens with two attached hydrogens (primary N) is 1. The normalized spacial score (nSPS) is 24.3. The lowest BCUT2D eigenvalue weighted by Gasteiger charge is -2.43. The van der Waals surface area contributed by atoms with Crippen molar-refractivity contribution in [3.8, 4) is 0 Å². The topological polar surface area (TPSA) is 168 Å². The van der Waals surface area contributed by atoms with Crippen molar-refractivity contribution in [2.75, 3.05) is 12.8 Å². The summed E-state index contributed by atoms with van der Waals surface area (Å²) < 4.78 is 1.64. The largest absolute Gasteiger partial charge is 0.481 e. The fourth-order valence-electron chi connectivity index (χ4n) is 4.23. The number of carbonyl (C=O) groups excluding carboxylic acids is 1. The molecule has 3 rings (SSSR count). The maximum atomic E-state index is 12.7. The fraction of sp³-hybridized carbons (Fsp3) is 0.650. The first-order chi connectivity index (χ1) is 14.4. The van der Waals surface area contributed by atoms with Gasteiger partial charge in [-0.1, -0.05) is 13.8 Å². The molecule has 1 saturated carbocycles. The first-order valence-corrected chi connectivity index (χ1v) is 10.2. The van der Waals surface area contributed by atoms with Crippen LogP contribution in [0.4, 0.5) is 5.82 Å². The summed E-state index contributed by atoms with van der Waals surface area (Å²) in [6, 6.07) is -0.249. The van der Waals surface area contributed by atoms with Gasteiger partial charge in [-0.25, -0.2) is 15.0 Å². The van der Waals surface area contributed by atoms with Crippen LogP contribution in [0.25, 0.3) is 11.2 Å². The molecule has 0 spiro atoms. The number of fused-ring (bicyclic) bond motifs is 1. The number of anilines is 1. The quantitative estimate of drug-likeness (QED) is 0.482. The lowest BCUT2D eigenvalue weighted by Crippen LogP contribution is -2.54. The van der Waals surface area contributed by atoms with Crippen LogP contribution in [0.1, 0.15) is 46.0 Å². The molecule has 0 bridgehead atoms. The highest BCUT2D eigenvalue weighted by molar-refractivity contribution is 5.81. The predicted molar refractivity (Wildman–Crippen MR) is 112 cm³/mol. The number of rotatable bonds is 7. The summed E-state index contributed by atoms with van der Waals surface area (Å²) in [6.45, 7) is 3.57. The molecule has 11 heteroatoms. The number of hydrogen-bond acceptors (Lipinski definition) is 8. The van der Waals surface area contributed by atoms with Crippen LogP contribution >= 0.6 is 0 Å². The number of imidazole rings is 1. The van der Waals surface area contributed by atoms with E-state index in [4.69, 9.17) is 10.8 Å². The number of carboxylic acid groups (broad SMARTS) is 1. The van der Waals surface area contributed by atoms with E-state index in [1.165, 1.54) is 12.7 Å². The van der Waals surface area contributed by atoms with Gasteiger partial charge in [-0.05, 0) is 24.7 Å². The van der Waals surface area contributed by atoms with Gasteiger partial charge in [0.15, 0.2) is 11.5 Å². The molecule has 31 heavy (non-hydrogen) atoms. The van der Waals surface area contributed by atoms with Crippen LogP contribution in [0.3, 0.4) is 0 Å². The first-order valence-electron chi connectivity index (χ1n) is 10.2. The van der Waals surface area contributed by atoms with Crippen molar-refractivity contribution in [1.82, 2.24) is 24.4 Å². The van der Waals surface area contributed by atoms with Gasteiger partial charge in [-0.2, -0.15) is 0 Å². The molecule has 2 heterocycles. The standard InChI is InChI=1S/C20H30N6O5/c1-19(2,8-15(29)30)7-14(28)25(3)12-4-5-20(31,13(27)6-12)9-26-11-24-16-17(21)22-10-23-18(16)26/h10-13,27,31H,4-9H2,1-3H3,(H,29,30)(H2,21,22,23)/t12-,13+,20+/m0/s1. The zero-order valence-corrected chi connectivity index (χ0v) is 18.0. The van der Waals surface area contributed by atoms with E-state index in [0.29, 0.717) is 17.6 Å². The number of nitrogens with zero attached hydrogens (tertiary/aromatic N) is 5. The van der Waals surface area contributed by atoms with Crippen molar-refractivity contribution >= 4 is 28.9 Å². The van der Waals surface area contributed by atoms with Gasteiger partial charge < -0.3 is 30.5 Å². The average molecular weight is 434 g/mol. The third kappa shape index (κ3) is 4.93. The lowest BCUT2D eigenvalue weighted by atomic mass is 9.78. The molecule has 3 atom stereocenters. The Labute approximate surface area is 179 Å². The number of aliphatic hydroxyl groups is 2. The predicted octanol–water partition coefficient (Wildman–Crippen LogP) is 0.402. The number of aliphatic hydroxyl groups excluding tert-OH is 1. The van der Waals surface area contributed by atoms with Crippen molar-refractivity contribution in [2.45, 2.75) is 70.2 Å². The summed E-state index contributed by atoms with van der Waals surface area (Å²) in [7, 11) is 1.66. The summed E-state index contributed by atoms with van der Waals surface area (Å²) in [6.07, 6.45) is 2.73. The summed E-state index contributed by atoms with van der Waals surface area (Å²) in [5, 5.41) is 30.9. The number of amides is 1. The van der Waals surface area contributed by atoms with Gasteiger partial charge in [0.05, 0.1) is 25.4 Å². The fourth-order valence-corrected chi connectivity index (χ4v) is 4.23. The molecule has 0 unspecified atom stereocenters. The number of carbonyl (C=O) groups is 2. The van der Waals surface area contributed by atoms with E-state index in [1.54, 1.807) is 30.4 Å². The van der Waals surface area contributed by atoms with Crippen LogP contribution in [0.2, 0.25) is 0 Å². The molecule has 1 fully saturated rings. The molecule has 1 aliphatic carbocycles. The molecule has 1 amide bonds. The second kappa shape index (κ2) is 8.39. The van der Waals surface area contributed by atoms with E-state index in [2.05, 4.69) is 15.0 Å². The van der Waals surface area contributed by atoms with E-state index in [-0.39, 0.29) is 50.0 Å². The Balaban J connectivity index is 1.66. The van der Waals surface area contributed by atoms with Crippen LogP contribution in [0, 0.1) is 5.41 Å². The molecule has 170 valence electrons. The Hall–Kier alpha value is -2.79. The molecule has 0 saturated heterocycles. The smallest absolute Gasteiger partial charge is 0.303 e. The summed E-state index contributed by atoms with van der Waals surface area (Å²) in [5.41, 5.74) is 4.64. The molecule has 1 aliphatic rings. The third-order valence-electron chi connectivity index (χ3n) is 6.10. The molecular formula is C20H30N6O5. The van der Waals surface area contributed by atoms with Gasteiger partial charge in [0, 0.05) is 19.5 Å². The molecular weight excluding hydrogens is 404 g/mol. The second-order valence-corrected chi connectivity index (χ2v) is 9.27. The Morgan fingerprint density at radius 2 is 2.03 bits per heavy atom. The van der Waals surface area contributed by atoms with Gasteiger partial charge in [0.2, 0.25) is 5.91 Å². The highest BCUT2D eigenvalue weighted by Crippen LogP contribution is 2.34. The lowest BCUT2D eigenvalue weighted by molar-refractivity contribution is -0.146. The zero-order valence-electron chi connectivity index (χ0n) is 18.0. The molecule has 0 aliphatic heterocycles. The van der Waals surface area contributed by atoms with Gasteiger partial charge in [-0.15, -0.1) is 0 Å². The Bertz CT molecular complexity index is 976. The summed E-state index contributed by atoms with van der Waals surface area (Å²) >= 11 is 0. The van der Waals surface area contributed by atoms with Crippen LogP contribution in [0.15, 0.2) is 12.7 Å². The SMILES string of the molecule is CN(C(=O)CC(C)(C)CC(=O)O)[C@H]1CC[C@@](O)(Cn2cnc3c(N)ncnc32)[C@H](O)C1. The Kier molecular flexibility index (Phi) is 6.19. The molecule has 5 N–H and O–H groups in total. The number of carboxylic acids is 1. The van der Waals surface area contributed by atoms with Crippen molar-refractivity contribution in [3.63, 3.8) is 0 Å². The van der Waals surface area contributed by atoms with Gasteiger partial charge in [-0.3, -0.25) is 9.59 Å². The highest BCUT2D eigenvalue weighted by atomic mass is 16.4. The maximum Gasteiger partial charge on any atom is 0.303 e. The minimum atomic E-state index is -1.41. The van der Waals surface area contributed by atoms with Crippen molar-refractivity contribution in [2.24, 2.45) is 5.41 Å². The molecule has 0 aromatic carbocycles. The minimum absolute atomic E-state index is 0.0805. The van der Waals surface area contributed by atoms with E-state index < -0.39 is 23.1 Å². The highest BCUT2D eigenvalue weighted by Gasteiger charge is 2.44. The number of hydrogen-bond donors (Lipinski definition) is 4. The van der Waals surface area contributed by atoms with Gasteiger partial charge in [0.1, 0.15) is 17.4 Å². The van der Waals surface area contributed by atoms with Gasteiger partial charge in [0.25, 0.3) is 0 Å². The van der Waals surface area contributed by atoms with Crippen molar-refractivity contribution in [1.29, 1.82) is 0 Å². The molecule has 2 aromatic rings.